The Kier molecular flexibility index (Phi) is 5.06. The van der Waals surface area contributed by atoms with Gasteiger partial charge in [0.25, 0.3) is 0 Å². The molecule has 1 amide bonds. The van der Waals surface area contributed by atoms with Crippen LogP contribution in [-0.4, -0.2) is 17.9 Å². The Morgan fingerprint density at radius 3 is 2.20 bits per heavy atom. The van der Waals surface area contributed by atoms with Crippen molar-refractivity contribution in [1.29, 1.82) is 0 Å². The van der Waals surface area contributed by atoms with Crippen LogP contribution in [0.15, 0.2) is 37.1 Å². The zero-order valence-electron chi connectivity index (χ0n) is 10.2. The van der Waals surface area contributed by atoms with E-state index in [1.807, 2.05) is 20.8 Å². The molecule has 0 aromatic heterocycles. The molecule has 0 bridgehead atoms. The average Bonchev–Trinajstić information content (AvgIpc) is 2.10. The fourth-order valence-electron chi connectivity index (χ4n) is 1.15. The lowest BCUT2D eigenvalue weighted by Gasteiger charge is -2.23. The molecule has 0 saturated carbocycles. The van der Waals surface area contributed by atoms with Gasteiger partial charge in [0.2, 0.25) is 5.91 Å². The highest BCUT2D eigenvalue weighted by Gasteiger charge is 2.19. The zero-order chi connectivity index (χ0) is 12.1. The summed E-state index contributed by atoms with van der Waals surface area (Å²) in [6, 6.07) is 0. The van der Waals surface area contributed by atoms with Crippen LogP contribution in [0.1, 0.15) is 27.2 Å². The van der Waals surface area contributed by atoms with Gasteiger partial charge in [0.1, 0.15) is 0 Å². The smallest absolute Gasteiger partial charge is 0.227 e. The maximum absolute atomic E-state index is 11.8. The van der Waals surface area contributed by atoms with Crippen LogP contribution in [0.2, 0.25) is 0 Å². The molecule has 0 heterocycles. The molecule has 2 heteroatoms. The molecule has 0 aliphatic heterocycles. The number of carbonyl (C=O) groups is 1. The van der Waals surface area contributed by atoms with Crippen LogP contribution in [0.3, 0.4) is 0 Å². The van der Waals surface area contributed by atoms with E-state index in [-0.39, 0.29) is 11.3 Å². The van der Waals surface area contributed by atoms with Crippen molar-refractivity contribution in [2.24, 2.45) is 5.41 Å². The average molecular weight is 207 g/mol. The number of hydrogen-bond acceptors (Lipinski definition) is 1. The minimum absolute atomic E-state index is 0.00576. The van der Waals surface area contributed by atoms with Crippen LogP contribution in [-0.2, 0) is 4.79 Å². The lowest BCUT2D eigenvalue weighted by atomic mass is 9.91. The molecule has 84 valence electrons. The van der Waals surface area contributed by atoms with E-state index < -0.39 is 0 Å². The van der Waals surface area contributed by atoms with E-state index in [1.54, 1.807) is 30.2 Å². The summed E-state index contributed by atoms with van der Waals surface area (Å²) in [5, 5.41) is 0. The third kappa shape index (κ3) is 5.21. The van der Waals surface area contributed by atoms with Crippen molar-refractivity contribution in [3.63, 3.8) is 0 Å². The van der Waals surface area contributed by atoms with Gasteiger partial charge in [0.05, 0.1) is 0 Å². The third-order valence-corrected chi connectivity index (χ3v) is 1.94. The van der Waals surface area contributed by atoms with E-state index in [0.717, 1.165) is 5.70 Å². The SMILES string of the molecule is C=CC=C(C=C)N(C)C(=O)CC(C)(C)C. The summed E-state index contributed by atoms with van der Waals surface area (Å²) < 4.78 is 0. The molecule has 15 heavy (non-hydrogen) atoms. The predicted molar refractivity (Wildman–Crippen MR) is 65.3 cm³/mol. The molecule has 0 aliphatic rings. The van der Waals surface area contributed by atoms with Crippen LogP contribution in [0.5, 0.6) is 0 Å². The Bertz CT molecular complexity index is 281. The van der Waals surface area contributed by atoms with Crippen LogP contribution in [0.4, 0.5) is 0 Å². The van der Waals surface area contributed by atoms with Crippen molar-refractivity contribution in [1.82, 2.24) is 4.90 Å². The summed E-state index contributed by atoms with van der Waals surface area (Å²) in [6.07, 6.45) is 5.60. The van der Waals surface area contributed by atoms with E-state index in [4.69, 9.17) is 0 Å². The molecule has 0 saturated heterocycles. The van der Waals surface area contributed by atoms with Crippen molar-refractivity contribution in [3.8, 4) is 0 Å². The minimum atomic E-state index is 0.00576. The number of likely N-dealkylation sites (N-methyl/N-ethyl adjacent to an activating group) is 1. The Morgan fingerprint density at radius 1 is 1.33 bits per heavy atom. The predicted octanol–water partition coefficient (Wildman–Crippen LogP) is 3.14. The molecule has 0 fully saturated rings. The van der Waals surface area contributed by atoms with E-state index in [0.29, 0.717) is 6.42 Å². The second-order valence-corrected chi connectivity index (χ2v) is 4.72. The topological polar surface area (TPSA) is 20.3 Å². The van der Waals surface area contributed by atoms with Crippen LogP contribution in [0.25, 0.3) is 0 Å². The van der Waals surface area contributed by atoms with Gasteiger partial charge in [0.15, 0.2) is 0 Å². The number of nitrogens with zero attached hydrogens (tertiary/aromatic N) is 1. The van der Waals surface area contributed by atoms with Gasteiger partial charge in [-0.25, -0.2) is 0 Å². The molecular weight excluding hydrogens is 186 g/mol. The molecule has 0 rings (SSSR count). The number of allylic oxidation sites excluding steroid dienone is 3. The van der Waals surface area contributed by atoms with Crippen LogP contribution < -0.4 is 0 Å². The molecule has 0 unspecified atom stereocenters. The summed E-state index contributed by atoms with van der Waals surface area (Å²) in [5.41, 5.74) is 0.783. The summed E-state index contributed by atoms with van der Waals surface area (Å²) >= 11 is 0. The Labute approximate surface area is 93.0 Å². The summed E-state index contributed by atoms with van der Waals surface area (Å²) in [5.74, 6) is 0.0931. The van der Waals surface area contributed by atoms with Gasteiger partial charge in [-0.3, -0.25) is 4.79 Å². The minimum Gasteiger partial charge on any atom is -0.316 e. The van der Waals surface area contributed by atoms with Gasteiger partial charge in [-0.2, -0.15) is 0 Å². The van der Waals surface area contributed by atoms with Crippen molar-refractivity contribution in [3.05, 3.63) is 37.1 Å². The maximum Gasteiger partial charge on any atom is 0.227 e. The molecular formula is C13H21NO. The standard InChI is InChI=1S/C13H21NO/c1-7-9-11(8-2)14(6)12(15)10-13(3,4)5/h7-9H,1-2,10H2,3-6H3. The zero-order valence-corrected chi connectivity index (χ0v) is 10.2. The Morgan fingerprint density at radius 2 is 1.87 bits per heavy atom. The number of amides is 1. The van der Waals surface area contributed by atoms with Crippen molar-refractivity contribution in [2.45, 2.75) is 27.2 Å². The molecule has 0 N–H and O–H groups in total. The lowest BCUT2D eigenvalue weighted by Crippen LogP contribution is -2.28. The van der Waals surface area contributed by atoms with Gasteiger partial charge in [-0.15, -0.1) is 0 Å². The number of hydrogen-bond donors (Lipinski definition) is 0. The van der Waals surface area contributed by atoms with Gasteiger partial charge < -0.3 is 4.90 Å². The molecule has 0 aromatic rings. The normalized spacial score (nSPS) is 12.1. The Hall–Kier alpha value is -1.31. The highest BCUT2D eigenvalue weighted by atomic mass is 16.2. The van der Waals surface area contributed by atoms with E-state index in [9.17, 15) is 4.79 Å². The van der Waals surface area contributed by atoms with Crippen molar-refractivity contribution >= 4 is 5.91 Å². The molecule has 0 radical (unpaired) electrons. The fourth-order valence-corrected chi connectivity index (χ4v) is 1.15. The second kappa shape index (κ2) is 5.54. The molecule has 0 aliphatic carbocycles. The summed E-state index contributed by atoms with van der Waals surface area (Å²) in [6.45, 7) is 13.4. The molecule has 0 spiro atoms. The largest absolute Gasteiger partial charge is 0.316 e. The Balaban J connectivity index is 4.63. The van der Waals surface area contributed by atoms with Crippen molar-refractivity contribution in [2.75, 3.05) is 7.05 Å². The van der Waals surface area contributed by atoms with Crippen molar-refractivity contribution < 1.29 is 4.79 Å². The monoisotopic (exact) mass is 207 g/mol. The summed E-state index contributed by atoms with van der Waals surface area (Å²) in [7, 11) is 1.76. The first-order chi connectivity index (χ1) is 6.81. The molecule has 0 atom stereocenters. The highest BCUT2D eigenvalue weighted by Crippen LogP contribution is 2.20. The van der Waals surface area contributed by atoms with Gasteiger partial charge in [0, 0.05) is 19.2 Å². The number of carbonyl (C=O) groups excluding carboxylic acids is 1. The van der Waals surface area contributed by atoms with Gasteiger partial charge in [-0.1, -0.05) is 40.0 Å². The second-order valence-electron chi connectivity index (χ2n) is 4.72. The quantitative estimate of drug-likeness (QED) is 0.648. The van der Waals surface area contributed by atoms with E-state index in [1.165, 1.54) is 0 Å². The van der Waals surface area contributed by atoms with Gasteiger partial charge in [-0.05, 0) is 17.6 Å². The molecule has 0 aromatic carbocycles. The lowest BCUT2D eigenvalue weighted by molar-refractivity contribution is -0.129. The van der Waals surface area contributed by atoms with E-state index in [2.05, 4.69) is 13.2 Å². The van der Waals surface area contributed by atoms with Gasteiger partial charge >= 0.3 is 0 Å². The first-order valence-corrected chi connectivity index (χ1v) is 5.03. The first-order valence-electron chi connectivity index (χ1n) is 5.03. The molecule has 2 nitrogen and oxygen atoms in total. The highest BCUT2D eigenvalue weighted by molar-refractivity contribution is 5.78. The van der Waals surface area contributed by atoms with Crippen LogP contribution >= 0.6 is 0 Å². The third-order valence-electron chi connectivity index (χ3n) is 1.94. The summed E-state index contributed by atoms with van der Waals surface area (Å²) in [4.78, 5) is 13.4. The van der Waals surface area contributed by atoms with Crippen LogP contribution in [0, 0.1) is 5.41 Å². The fraction of sp³-hybridized carbons (Fsp3) is 0.462. The first kappa shape index (κ1) is 13.7. The number of rotatable bonds is 4. The maximum atomic E-state index is 11.8. The van der Waals surface area contributed by atoms with E-state index >= 15 is 0 Å².